The molecule has 104 valence electrons. The van der Waals surface area contributed by atoms with Crippen LogP contribution in [0.3, 0.4) is 0 Å². The van der Waals surface area contributed by atoms with E-state index in [-0.39, 0.29) is 6.61 Å². The number of carbonyl (C=O) groups excluding carboxylic acids is 2. The van der Waals surface area contributed by atoms with E-state index in [1.807, 2.05) is 30.3 Å². The summed E-state index contributed by atoms with van der Waals surface area (Å²) in [6.45, 7) is 3.90. The van der Waals surface area contributed by atoms with Crippen LogP contribution >= 0.6 is 0 Å². The molecular formula is C14H19NO4. The molecule has 0 aliphatic heterocycles. The first-order valence-electron chi connectivity index (χ1n) is 6.15. The van der Waals surface area contributed by atoms with Crippen LogP contribution in [0.1, 0.15) is 19.4 Å². The highest BCUT2D eigenvalue weighted by Crippen LogP contribution is 2.11. The molecule has 0 spiro atoms. The number of benzene rings is 1. The molecule has 0 N–H and O–H groups in total. The Labute approximate surface area is 113 Å². The normalized spacial score (nSPS) is 11.5. The Morgan fingerprint density at radius 2 is 1.89 bits per heavy atom. The first kappa shape index (κ1) is 15.0. The lowest BCUT2D eigenvalue weighted by Gasteiger charge is -2.26. The van der Waals surface area contributed by atoms with Crippen LogP contribution in [0.2, 0.25) is 0 Å². The van der Waals surface area contributed by atoms with Crippen molar-refractivity contribution >= 4 is 12.1 Å². The highest BCUT2D eigenvalue weighted by molar-refractivity contribution is 5.80. The minimum Gasteiger partial charge on any atom is -0.467 e. The standard InChI is InChI=1S/C14H19NO4/c1-4-19-14(17)15(11(2)13(16)18-3)10-12-8-6-5-7-9-12/h5-9,11H,4,10H2,1-3H3/t11-/m0/s1. The van der Waals surface area contributed by atoms with E-state index in [4.69, 9.17) is 4.74 Å². The maximum absolute atomic E-state index is 11.9. The molecule has 1 aromatic carbocycles. The largest absolute Gasteiger partial charge is 0.467 e. The summed E-state index contributed by atoms with van der Waals surface area (Å²) >= 11 is 0. The number of hydrogen-bond donors (Lipinski definition) is 0. The summed E-state index contributed by atoms with van der Waals surface area (Å²) in [7, 11) is 1.30. The quantitative estimate of drug-likeness (QED) is 0.766. The zero-order chi connectivity index (χ0) is 14.3. The zero-order valence-corrected chi connectivity index (χ0v) is 11.5. The fraction of sp³-hybridized carbons (Fsp3) is 0.429. The smallest absolute Gasteiger partial charge is 0.410 e. The van der Waals surface area contributed by atoms with Crippen molar-refractivity contribution in [2.45, 2.75) is 26.4 Å². The number of methoxy groups -OCH3 is 1. The number of nitrogens with zero attached hydrogens (tertiary/aromatic N) is 1. The van der Waals surface area contributed by atoms with Gasteiger partial charge in [-0.25, -0.2) is 9.59 Å². The van der Waals surface area contributed by atoms with E-state index in [0.717, 1.165) is 5.56 Å². The van der Waals surface area contributed by atoms with Gasteiger partial charge in [0, 0.05) is 6.54 Å². The van der Waals surface area contributed by atoms with Gasteiger partial charge >= 0.3 is 12.1 Å². The second-order valence-electron chi connectivity index (χ2n) is 4.01. The average molecular weight is 265 g/mol. The minimum absolute atomic E-state index is 0.262. The van der Waals surface area contributed by atoms with Crippen molar-refractivity contribution in [1.82, 2.24) is 4.90 Å². The van der Waals surface area contributed by atoms with Gasteiger partial charge in [0.2, 0.25) is 0 Å². The van der Waals surface area contributed by atoms with Crippen molar-refractivity contribution in [2.75, 3.05) is 13.7 Å². The van der Waals surface area contributed by atoms with Crippen LogP contribution in [-0.4, -0.2) is 36.7 Å². The van der Waals surface area contributed by atoms with Gasteiger partial charge in [-0.2, -0.15) is 0 Å². The monoisotopic (exact) mass is 265 g/mol. The molecule has 0 unspecified atom stereocenters. The molecule has 0 fully saturated rings. The Hall–Kier alpha value is -2.04. The third kappa shape index (κ3) is 4.28. The molecule has 0 aliphatic carbocycles. The molecule has 0 aliphatic rings. The maximum atomic E-state index is 11.9. The van der Waals surface area contributed by atoms with E-state index < -0.39 is 18.1 Å². The predicted molar refractivity (Wildman–Crippen MR) is 70.5 cm³/mol. The third-order valence-corrected chi connectivity index (χ3v) is 2.71. The highest BCUT2D eigenvalue weighted by Gasteiger charge is 2.27. The first-order chi connectivity index (χ1) is 9.10. The van der Waals surface area contributed by atoms with Crippen molar-refractivity contribution < 1.29 is 19.1 Å². The van der Waals surface area contributed by atoms with Gasteiger partial charge in [-0.1, -0.05) is 30.3 Å². The number of hydrogen-bond acceptors (Lipinski definition) is 4. The second-order valence-corrected chi connectivity index (χ2v) is 4.01. The Morgan fingerprint density at radius 3 is 2.42 bits per heavy atom. The molecule has 1 aromatic rings. The molecule has 1 rings (SSSR count). The maximum Gasteiger partial charge on any atom is 0.410 e. The van der Waals surface area contributed by atoms with Crippen LogP contribution in [-0.2, 0) is 20.8 Å². The molecule has 0 bridgehead atoms. The molecule has 5 heteroatoms. The van der Waals surface area contributed by atoms with E-state index in [1.165, 1.54) is 12.0 Å². The molecule has 1 atom stereocenters. The van der Waals surface area contributed by atoms with Crippen molar-refractivity contribution in [3.05, 3.63) is 35.9 Å². The molecule has 19 heavy (non-hydrogen) atoms. The summed E-state index contributed by atoms with van der Waals surface area (Å²) in [6.07, 6.45) is -0.524. The van der Waals surface area contributed by atoms with Crippen LogP contribution in [0.25, 0.3) is 0 Å². The summed E-state index contributed by atoms with van der Waals surface area (Å²) in [4.78, 5) is 24.8. The lowest BCUT2D eigenvalue weighted by Crippen LogP contribution is -2.43. The number of rotatable bonds is 5. The Bertz CT molecular complexity index is 419. The van der Waals surface area contributed by atoms with E-state index >= 15 is 0 Å². The lowest BCUT2D eigenvalue weighted by atomic mass is 10.2. The summed E-state index contributed by atoms with van der Waals surface area (Å²) in [5.74, 6) is -0.469. The lowest BCUT2D eigenvalue weighted by molar-refractivity contribution is -0.145. The topological polar surface area (TPSA) is 55.8 Å². The fourth-order valence-electron chi connectivity index (χ4n) is 1.64. The van der Waals surface area contributed by atoms with Gasteiger partial charge in [-0.15, -0.1) is 0 Å². The van der Waals surface area contributed by atoms with E-state index in [2.05, 4.69) is 4.74 Å². The van der Waals surface area contributed by atoms with E-state index in [0.29, 0.717) is 6.54 Å². The Morgan fingerprint density at radius 1 is 1.26 bits per heavy atom. The van der Waals surface area contributed by atoms with Crippen molar-refractivity contribution in [3.63, 3.8) is 0 Å². The summed E-state index contributed by atoms with van der Waals surface area (Å²) < 4.78 is 9.64. The van der Waals surface area contributed by atoms with E-state index in [1.54, 1.807) is 13.8 Å². The van der Waals surface area contributed by atoms with Gasteiger partial charge < -0.3 is 9.47 Å². The summed E-state index contributed by atoms with van der Waals surface area (Å²) in [5.41, 5.74) is 0.923. The Kier molecular flexibility index (Phi) is 5.85. The fourth-order valence-corrected chi connectivity index (χ4v) is 1.64. The van der Waals surface area contributed by atoms with Gasteiger partial charge in [0.1, 0.15) is 6.04 Å². The predicted octanol–water partition coefficient (Wildman–Crippen LogP) is 2.21. The van der Waals surface area contributed by atoms with Crippen LogP contribution in [0.5, 0.6) is 0 Å². The van der Waals surface area contributed by atoms with E-state index in [9.17, 15) is 9.59 Å². The van der Waals surface area contributed by atoms with Crippen molar-refractivity contribution in [3.8, 4) is 0 Å². The minimum atomic E-state index is -0.691. The molecule has 1 amide bonds. The molecule has 0 saturated heterocycles. The van der Waals surface area contributed by atoms with Gasteiger partial charge in [0.25, 0.3) is 0 Å². The van der Waals surface area contributed by atoms with Gasteiger partial charge in [-0.05, 0) is 19.4 Å². The highest BCUT2D eigenvalue weighted by atomic mass is 16.6. The number of ether oxygens (including phenoxy) is 2. The average Bonchev–Trinajstić information content (AvgIpc) is 2.44. The van der Waals surface area contributed by atoms with Crippen LogP contribution in [0.15, 0.2) is 30.3 Å². The second kappa shape index (κ2) is 7.41. The van der Waals surface area contributed by atoms with Gasteiger partial charge in [-0.3, -0.25) is 4.90 Å². The zero-order valence-electron chi connectivity index (χ0n) is 11.5. The summed E-state index contributed by atoms with van der Waals surface area (Å²) in [6, 6.07) is 8.72. The molecule has 0 aromatic heterocycles. The van der Waals surface area contributed by atoms with Crippen LogP contribution in [0.4, 0.5) is 4.79 Å². The summed E-state index contributed by atoms with van der Waals surface area (Å²) in [5, 5.41) is 0. The molecule has 0 radical (unpaired) electrons. The van der Waals surface area contributed by atoms with Crippen molar-refractivity contribution in [2.24, 2.45) is 0 Å². The van der Waals surface area contributed by atoms with Crippen molar-refractivity contribution in [1.29, 1.82) is 0 Å². The van der Waals surface area contributed by atoms with Gasteiger partial charge in [0.15, 0.2) is 0 Å². The molecule has 0 saturated carbocycles. The number of amides is 1. The Balaban J connectivity index is 2.86. The van der Waals surface area contributed by atoms with Crippen LogP contribution < -0.4 is 0 Å². The van der Waals surface area contributed by atoms with Crippen LogP contribution in [0, 0.1) is 0 Å². The first-order valence-corrected chi connectivity index (χ1v) is 6.15. The third-order valence-electron chi connectivity index (χ3n) is 2.71. The number of carbonyl (C=O) groups is 2. The molecular weight excluding hydrogens is 246 g/mol. The SMILES string of the molecule is CCOC(=O)N(Cc1ccccc1)[C@@H](C)C(=O)OC. The molecule has 5 nitrogen and oxygen atoms in total. The number of esters is 1. The molecule has 0 heterocycles. The van der Waals surface area contributed by atoms with Gasteiger partial charge in [0.05, 0.1) is 13.7 Å².